The highest BCUT2D eigenvalue weighted by atomic mass is 32.2. The van der Waals surface area contributed by atoms with Crippen LogP contribution >= 0.6 is 11.8 Å². The molecule has 0 spiro atoms. The van der Waals surface area contributed by atoms with Gasteiger partial charge in [-0.2, -0.15) is 11.8 Å². The monoisotopic (exact) mass is 410 g/mol. The van der Waals surface area contributed by atoms with E-state index in [-0.39, 0.29) is 12.0 Å². The molecule has 0 saturated carbocycles. The molecule has 0 aliphatic carbocycles. The molecule has 2 aliphatic rings. The number of likely N-dealkylation sites (tertiary alicyclic amines) is 1. The summed E-state index contributed by atoms with van der Waals surface area (Å²) in [5, 5.41) is 0. The summed E-state index contributed by atoms with van der Waals surface area (Å²) >= 11 is 1.92. The van der Waals surface area contributed by atoms with E-state index >= 15 is 0 Å². The van der Waals surface area contributed by atoms with Crippen LogP contribution in [0.5, 0.6) is 5.75 Å². The van der Waals surface area contributed by atoms with E-state index in [0.717, 1.165) is 74.8 Å². The zero-order valence-electron chi connectivity index (χ0n) is 17.0. The van der Waals surface area contributed by atoms with Gasteiger partial charge in [0.05, 0.1) is 0 Å². The van der Waals surface area contributed by atoms with Crippen LogP contribution in [0.4, 0.5) is 0 Å². The van der Waals surface area contributed by atoms with Crippen LogP contribution in [0, 0.1) is 0 Å². The van der Waals surface area contributed by atoms with Crippen LogP contribution in [0.15, 0.2) is 54.6 Å². The van der Waals surface area contributed by atoms with Gasteiger partial charge >= 0.3 is 0 Å². The van der Waals surface area contributed by atoms with Crippen molar-refractivity contribution in [3.05, 3.63) is 65.7 Å². The first-order chi connectivity index (χ1) is 14.3. The average Bonchev–Trinajstić information content (AvgIpc) is 2.80. The van der Waals surface area contributed by atoms with Crippen LogP contribution in [0.3, 0.4) is 0 Å². The number of piperidine rings is 1. The largest absolute Gasteiger partial charge is 0.490 e. The van der Waals surface area contributed by atoms with Crippen LogP contribution in [0.2, 0.25) is 0 Å². The molecule has 2 fully saturated rings. The molecule has 2 heterocycles. The van der Waals surface area contributed by atoms with E-state index in [2.05, 4.69) is 35.2 Å². The van der Waals surface area contributed by atoms with Crippen molar-refractivity contribution < 1.29 is 9.53 Å². The summed E-state index contributed by atoms with van der Waals surface area (Å²) in [5.41, 5.74) is 2.17. The van der Waals surface area contributed by atoms with E-state index < -0.39 is 0 Å². The Morgan fingerprint density at radius 3 is 2.31 bits per heavy atom. The number of hydrogen-bond acceptors (Lipinski definition) is 4. The lowest BCUT2D eigenvalue weighted by Gasteiger charge is -2.32. The van der Waals surface area contributed by atoms with Gasteiger partial charge in [-0.25, -0.2) is 0 Å². The maximum Gasteiger partial charge on any atom is 0.253 e. The van der Waals surface area contributed by atoms with Gasteiger partial charge in [-0.1, -0.05) is 30.3 Å². The molecule has 2 aromatic rings. The predicted molar refractivity (Wildman–Crippen MR) is 120 cm³/mol. The second kappa shape index (κ2) is 10.2. The smallest absolute Gasteiger partial charge is 0.253 e. The van der Waals surface area contributed by atoms with Crippen molar-refractivity contribution in [3.63, 3.8) is 0 Å². The number of thioether (sulfide) groups is 1. The highest BCUT2D eigenvalue weighted by molar-refractivity contribution is 7.99. The SMILES string of the molecule is O=C(c1ccc(OC2CCN(CCc3ccccc3)CC2)cc1)N1CCSCC1. The fourth-order valence-corrected chi connectivity index (χ4v) is 4.90. The van der Waals surface area contributed by atoms with Gasteiger partial charge in [-0.05, 0) is 49.1 Å². The van der Waals surface area contributed by atoms with Gasteiger partial charge in [0, 0.05) is 49.8 Å². The lowest BCUT2D eigenvalue weighted by molar-refractivity contribution is 0.0772. The third-order valence-electron chi connectivity index (χ3n) is 5.80. The zero-order chi connectivity index (χ0) is 19.9. The quantitative estimate of drug-likeness (QED) is 0.722. The van der Waals surface area contributed by atoms with Crippen molar-refractivity contribution >= 4 is 17.7 Å². The first-order valence-corrected chi connectivity index (χ1v) is 11.8. The first kappa shape index (κ1) is 20.3. The second-order valence-corrected chi connectivity index (χ2v) is 9.05. The molecule has 154 valence electrons. The number of benzene rings is 2. The summed E-state index contributed by atoms with van der Waals surface area (Å²) in [6, 6.07) is 18.4. The van der Waals surface area contributed by atoms with Crippen molar-refractivity contribution in [2.75, 3.05) is 44.2 Å². The Labute approximate surface area is 178 Å². The Morgan fingerprint density at radius 2 is 1.62 bits per heavy atom. The zero-order valence-corrected chi connectivity index (χ0v) is 17.8. The third-order valence-corrected chi connectivity index (χ3v) is 6.74. The van der Waals surface area contributed by atoms with Gasteiger partial charge in [0.25, 0.3) is 5.91 Å². The van der Waals surface area contributed by atoms with Gasteiger partial charge < -0.3 is 14.5 Å². The summed E-state index contributed by atoms with van der Waals surface area (Å²) in [6.45, 7) is 4.99. The van der Waals surface area contributed by atoms with Gasteiger partial charge in [-0.3, -0.25) is 4.79 Å². The minimum absolute atomic E-state index is 0.142. The van der Waals surface area contributed by atoms with E-state index in [4.69, 9.17) is 4.74 Å². The fraction of sp³-hybridized carbons (Fsp3) is 0.458. The van der Waals surface area contributed by atoms with E-state index in [0.29, 0.717) is 0 Å². The molecule has 0 aromatic heterocycles. The molecule has 4 rings (SSSR count). The van der Waals surface area contributed by atoms with Crippen molar-refractivity contribution in [3.8, 4) is 5.75 Å². The maximum atomic E-state index is 12.6. The van der Waals surface area contributed by atoms with Crippen molar-refractivity contribution in [2.45, 2.75) is 25.4 Å². The summed E-state index contributed by atoms with van der Waals surface area (Å²) < 4.78 is 6.19. The number of nitrogens with zero attached hydrogens (tertiary/aromatic N) is 2. The van der Waals surface area contributed by atoms with E-state index in [1.54, 1.807) is 0 Å². The topological polar surface area (TPSA) is 32.8 Å². The Hall–Kier alpha value is -1.98. The van der Waals surface area contributed by atoms with Gasteiger partial charge in [0.15, 0.2) is 0 Å². The molecule has 2 saturated heterocycles. The number of rotatable bonds is 6. The van der Waals surface area contributed by atoms with E-state index in [9.17, 15) is 4.79 Å². The highest BCUT2D eigenvalue weighted by Crippen LogP contribution is 2.21. The third kappa shape index (κ3) is 5.77. The Balaban J connectivity index is 1.21. The Bertz CT molecular complexity index is 767. The number of carbonyl (C=O) groups excluding carboxylic acids is 1. The fourth-order valence-electron chi connectivity index (χ4n) is 4.00. The number of carbonyl (C=O) groups is 1. The van der Waals surface area contributed by atoms with Crippen molar-refractivity contribution in [1.82, 2.24) is 9.80 Å². The lowest BCUT2D eigenvalue weighted by atomic mass is 10.1. The molecule has 0 bridgehead atoms. The molecule has 0 N–H and O–H groups in total. The lowest BCUT2D eigenvalue weighted by Crippen LogP contribution is -2.39. The van der Waals surface area contributed by atoms with Crippen LogP contribution < -0.4 is 4.74 Å². The van der Waals surface area contributed by atoms with Crippen molar-refractivity contribution in [2.24, 2.45) is 0 Å². The van der Waals surface area contributed by atoms with Crippen LogP contribution in [-0.2, 0) is 6.42 Å². The summed E-state index contributed by atoms with van der Waals surface area (Å²) in [4.78, 5) is 17.1. The normalized spacial score (nSPS) is 18.6. The molecule has 0 radical (unpaired) electrons. The minimum Gasteiger partial charge on any atom is -0.490 e. The Kier molecular flexibility index (Phi) is 7.12. The predicted octanol–water partition coefficient (Wildman–Crippen LogP) is 3.96. The molecular weight excluding hydrogens is 380 g/mol. The average molecular weight is 411 g/mol. The molecule has 2 aromatic carbocycles. The molecular formula is C24H30N2O2S. The summed E-state index contributed by atoms with van der Waals surface area (Å²) in [6.07, 6.45) is 3.49. The number of ether oxygens (including phenoxy) is 1. The molecule has 2 aliphatic heterocycles. The molecule has 0 unspecified atom stereocenters. The molecule has 4 nitrogen and oxygen atoms in total. The van der Waals surface area contributed by atoms with Gasteiger partial charge in [-0.15, -0.1) is 0 Å². The number of hydrogen-bond donors (Lipinski definition) is 0. The summed E-state index contributed by atoms with van der Waals surface area (Å²) in [5.74, 6) is 3.09. The minimum atomic E-state index is 0.142. The van der Waals surface area contributed by atoms with Crippen LogP contribution in [0.25, 0.3) is 0 Å². The highest BCUT2D eigenvalue weighted by Gasteiger charge is 2.21. The van der Waals surface area contributed by atoms with Crippen LogP contribution in [0.1, 0.15) is 28.8 Å². The molecule has 0 atom stereocenters. The standard InChI is InChI=1S/C24H30N2O2S/c27-24(26-16-18-29-19-17-26)21-6-8-22(9-7-21)28-23-11-14-25(15-12-23)13-10-20-4-2-1-3-5-20/h1-9,23H,10-19H2. The number of amides is 1. The first-order valence-electron chi connectivity index (χ1n) is 10.7. The summed E-state index contributed by atoms with van der Waals surface area (Å²) in [7, 11) is 0. The van der Waals surface area contributed by atoms with Crippen molar-refractivity contribution in [1.29, 1.82) is 0 Å². The second-order valence-electron chi connectivity index (χ2n) is 7.82. The van der Waals surface area contributed by atoms with Gasteiger partial charge in [0.2, 0.25) is 0 Å². The molecule has 5 heteroatoms. The Morgan fingerprint density at radius 1 is 0.931 bits per heavy atom. The maximum absolute atomic E-state index is 12.6. The van der Waals surface area contributed by atoms with E-state index in [1.165, 1.54) is 5.56 Å². The van der Waals surface area contributed by atoms with Gasteiger partial charge in [0.1, 0.15) is 11.9 Å². The van der Waals surface area contributed by atoms with E-state index in [1.807, 2.05) is 40.9 Å². The molecule has 29 heavy (non-hydrogen) atoms. The molecule has 1 amide bonds. The van der Waals surface area contributed by atoms with Crippen LogP contribution in [-0.4, -0.2) is 66.0 Å².